The van der Waals surface area contributed by atoms with Gasteiger partial charge in [0.15, 0.2) is 0 Å². The fraction of sp³-hybridized carbons (Fsp3) is 0.278. The van der Waals surface area contributed by atoms with E-state index in [1.165, 1.54) is 19.1 Å². The molecule has 5 nitrogen and oxygen atoms in total. The third kappa shape index (κ3) is 4.79. The maximum Gasteiger partial charge on any atom is 0.244 e. The highest BCUT2D eigenvalue weighted by Gasteiger charge is 2.29. The molecule has 0 spiro atoms. The SMILES string of the molecule is C[C@@H](NC(=O)[C@H](C)N(c1ccccc1)S(C)(=O)=O)c1ccc(F)cc1. The van der Waals surface area contributed by atoms with Gasteiger partial charge in [0.2, 0.25) is 15.9 Å². The van der Waals surface area contributed by atoms with Gasteiger partial charge in [-0.05, 0) is 43.7 Å². The van der Waals surface area contributed by atoms with E-state index in [2.05, 4.69) is 5.32 Å². The molecule has 0 aliphatic heterocycles. The summed E-state index contributed by atoms with van der Waals surface area (Å²) in [5.41, 5.74) is 1.15. The Labute approximate surface area is 147 Å². The van der Waals surface area contributed by atoms with Gasteiger partial charge in [-0.25, -0.2) is 12.8 Å². The summed E-state index contributed by atoms with van der Waals surface area (Å²) in [4.78, 5) is 12.6. The lowest BCUT2D eigenvalue weighted by Gasteiger charge is -2.29. The highest BCUT2D eigenvalue weighted by molar-refractivity contribution is 7.92. The molecule has 0 heterocycles. The van der Waals surface area contributed by atoms with Gasteiger partial charge in [-0.1, -0.05) is 30.3 Å². The number of sulfonamides is 1. The van der Waals surface area contributed by atoms with Crippen molar-refractivity contribution >= 4 is 21.6 Å². The van der Waals surface area contributed by atoms with Crippen LogP contribution in [0, 0.1) is 5.82 Å². The van der Waals surface area contributed by atoms with Crippen molar-refractivity contribution in [3.05, 3.63) is 66.0 Å². The Bertz CT molecular complexity index is 823. The molecule has 25 heavy (non-hydrogen) atoms. The maximum absolute atomic E-state index is 13.0. The summed E-state index contributed by atoms with van der Waals surface area (Å²) in [7, 11) is -3.65. The number of para-hydroxylation sites is 1. The standard InChI is InChI=1S/C18H21FN2O3S/c1-13(15-9-11-16(19)12-10-15)20-18(22)14(2)21(25(3,23)24)17-7-5-4-6-8-17/h4-14H,1-3H3,(H,20,22)/t13-,14+/m1/s1. The predicted octanol–water partition coefficient (Wildman–Crippen LogP) is 2.86. The van der Waals surface area contributed by atoms with E-state index in [1.54, 1.807) is 49.4 Å². The zero-order valence-electron chi connectivity index (χ0n) is 14.3. The molecule has 0 fully saturated rings. The van der Waals surface area contributed by atoms with Crippen LogP contribution in [0.4, 0.5) is 10.1 Å². The molecule has 2 aromatic rings. The molecular formula is C18H21FN2O3S. The third-order valence-electron chi connectivity index (χ3n) is 3.83. The predicted molar refractivity (Wildman–Crippen MR) is 96.2 cm³/mol. The summed E-state index contributed by atoms with van der Waals surface area (Å²) < 4.78 is 38.4. The van der Waals surface area contributed by atoms with Crippen LogP contribution in [0.1, 0.15) is 25.5 Å². The van der Waals surface area contributed by atoms with Crippen molar-refractivity contribution in [3.8, 4) is 0 Å². The van der Waals surface area contributed by atoms with E-state index in [0.717, 1.165) is 16.1 Å². The number of hydrogen-bond donors (Lipinski definition) is 1. The molecule has 0 saturated heterocycles. The molecule has 134 valence electrons. The fourth-order valence-corrected chi connectivity index (χ4v) is 3.73. The normalized spacial score (nSPS) is 13.8. The van der Waals surface area contributed by atoms with Crippen molar-refractivity contribution in [1.82, 2.24) is 5.32 Å². The molecule has 2 aromatic carbocycles. The highest BCUT2D eigenvalue weighted by Crippen LogP contribution is 2.21. The molecule has 0 unspecified atom stereocenters. The number of amides is 1. The van der Waals surface area contributed by atoms with Crippen molar-refractivity contribution < 1.29 is 17.6 Å². The van der Waals surface area contributed by atoms with Gasteiger partial charge in [0.25, 0.3) is 0 Å². The Morgan fingerprint density at radius 2 is 1.60 bits per heavy atom. The number of nitrogens with zero attached hydrogens (tertiary/aromatic N) is 1. The molecule has 0 aromatic heterocycles. The van der Waals surface area contributed by atoms with Crippen LogP contribution in [0.25, 0.3) is 0 Å². The molecule has 1 N–H and O–H groups in total. The van der Waals surface area contributed by atoms with Crippen molar-refractivity contribution in [2.75, 3.05) is 10.6 Å². The molecule has 7 heteroatoms. The monoisotopic (exact) mass is 364 g/mol. The van der Waals surface area contributed by atoms with Crippen LogP contribution >= 0.6 is 0 Å². The van der Waals surface area contributed by atoms with Crippen molar-refractivity contribution in [2.45, 2.75) is 25.9 Å². The number of anilines is 1. The largest absolute Gasteiger partial charge is 0.348 e. The van der Waals surface area contributed by atoms with Crippen molar-refractivity contribution in [1.29, 1.82) is 0 Å². The number of carbonyl (C=O) groups excluding carboxylic acids is 1. The molecule has 0 aliphatic rings. The van der Waals surface area contributed by atoms with E-state index < -0.39 is 22.0 Å². The van der Waals surface area contributed by atoms with Crippen LogP contribution in [0.3, 0.4) is 0 Å². The van der Waals surface area contributed by atoms with Gasteiger partial charge >= 0.3 is 0 Å². The summed E-state index contributed by atoms with van der Waals surface area (Å²) >= 11 is 0. The van der Waals surface area contributed by atoms with Gasteiger partial charge in [0.1, 0.15) is 11.9 Å². The molecule has 2 rings (SSSR count). The number of carbonyl (C=O) groups is 1. The van der Waals surface area contributed by atoms with E-state index in [0.29, 0.717) is 5.69 Å². The minimum absolute atomic E-state index is 0.358. The van der Waals surface area contributed by atoms with E-state index in [1.807, 2.05) is 0 Å². The summed E-state index contributed by atoms with van der Waals surface area (Å²) in [5, 5.41) is 2.77. The number of hydrogen-bond acceptors (Lipinski definition) is 3. The molecular weight excluding hydrogens is 343 g/mol. The molecule has 0 radical (unpaired) electrons. The number of halogens is 1. The Morgan fingerprint density at radius 3 is 2.12 bits per heavy atom. The molecule has 0 bridgehead atoms. The molecule has 2 atom stereocenters. The Kier molecular flexibility index (Phi) is 5.79. The lowest BCUT2D eigenvalue weighted by Crippen LogP contribution is -2.48. The number of nitrogens with one attached hydrogen (secondary N) is 1. The fourth-order valence-electron chi connectivity index (χ4n) is 2.55. The average Bonchev–Trinajstić information content (AvgIpc) is 2.55. The minimum atomic E-state index is -3.65. The minimum Gasteiger partial charge on any atom is -0.348 e. The zero-order chi connectivity index (χ0) is 18.6. The van der Waals surface area contributed by atoms with Crippen molar-refractivity contribution in [3.63, 3.8) is 0 Å². The van der Waals surface area contributed by atoms with Crippen LogP contribution in [0.15, 0.2) is 54.6 Å². The lowest BCUT2D eigenvalue weighted by molar-refractivity contribution is -0.122. The Hall–Kier alpha value is -2.41. The van der Waals surface area contributed by atoms with Crippen LogP contribution in [-0.2, 0) is 14.8 Å². The van der Waals surface area contributed by atoms with Crippen molar-refractivity contribution in [2.24, 2.45) is 0 Å². The molecule has 0 aliphatic carbocycles. The Morgan fingerprint density at radius 1 is 1.04 bits per heavy atom. The van der Waals surface area contributed by atoms with Gasteiger partial charge in [0, 0.05) is 0 Å². The van der Waals surface area contributed by atoms with E-state index in [9.17, 15) is 17.6 Å². The Balaban J connectivity index is 2.20. The maximum atomic E-state index is 13.0. The van der Waals surface area contributed by atoms with Gasteiger partial charge in [-0.15, -0.1) is 0 Å². The molecule has 0 saturated carbocycles. The van der Waals surface area contributed by atoms with E-state index >= 15 is 0 Å². The summed E-state index contributed by atoms with van der Waals surface area (Å²) in [6.45, 7) is 3.28. The van der Waals surface area contributed by atoms with Gasteiger partial charge in [-0.3, -0.25) is 9.10 Å². The molecule has 1 amide bonds. The van der Waals surface area contributed by atoms with Gasteiger partial charge < -0.3 is 5.32 Å². The number of rotatable bonds is 6. The first kappa shape index (κ1) is 18.9. The summed E-state index contributed by atoms with van der Waals surface area (Å²) in [6.07, 6.45) is 1.06. The van der Waals surface area contributed by atoms with Crippen LogP contribution in [-0.4, -0.2) is 26.6 Å². The van der Waals surface area contributed by atoms with E-state index in [-0.39, 0.29) is 11.9 Å². The topological polar surface area (TPSA) is 66.5 Å². The lowest BCUT2D eigenvalue weighted by atomic mass is 10.1. The third-order valence-corrected chi connectivity index (χ3v) is 5.07. The summed E-state index contributed by atoms with van der Waals surface area (Å²) in [6, 6.07) is 12.9. The quantitative estimate of drug-likeness (QED) is 0.857. The van der Waals surface area contributed by atoms with Gasteiger partial charge in [0.05, 0.1) is 18.0 Å². The summed E-state index contributed by atoms with van der Waals surface area (Å²) in [5.74, 6) is -0.797. The second-order valence-corrected chi connectivity index (χ2v) is 7.71. The van der Waals surface area contributed by atoms with Crippen LogP contribution in [0.2, 0.25) is 0 Å². The first-order valence-electron chi connectivity index (χ1n) is 7.80. The average molecular weight is 364 g/mol. The van der Waals surface area contributed by atoms with Gasteiger partial charge in [-0.2, -0.15) is 0 Å². The second-order valence-electron chi connectivity index (χ2n) is 5.85. The smallest absolute Gasteiger partial charge is 0.244 e. The van der Waals surface area contributed by atoms with E-state index in [4.69, 9.17) is 0 Å². The first-order valence-corrected chi connectivity index (χ1v) is 9.65. The highest BCUT2D eigenvalue weighted by atomic mass is 32.2. The second kappa shape index (κ2) is 7.65. The first-order chi connectivity index (χ1) is 11.7. The zero-order valence-corrected chi connectivity index (χ0v) is 15.1. The number of benzene rings is 2. The van der Waals surface area contributed by atoms with Crippen LogP contribution in [0.5, 0.6) is 0 Å². The van der Waals surface area contributed by atoms with Crippen LogP contribution < -0.4 is 9.62 Å².